The summed E-state index contributed by atoms with van der Waals surface area (Å²) in [6, 6.07) is 29.8. The largest absolute Gasteiger partial charge is 0.480 e. The standard InChI is InChI=1S/C22H20ClN5O.C12H15ClN2.C10H7N3O2/c1-14(15-7-8-17(18(23)9-15)22(2,3)12-25)27-20(29)11-28-13-26-19-6-4-5-16(10-24)21(19)28;1-8(15)9-4-5-10(11(13)6-9)12(2,3)7-14;11-4-7-2-1-3-8-10(7)13(6-12-8)5-9(14)15/h4-9,13-14H,11H2,1-3H3,(H,27,29);4-6,8H,15H2,1-3H3;1-3,6H,5H2,(H,14,15). The van der Waals surface area contributed by atoms with Crippen LogP contribution in [0.1, 0.15) is 87.0 Å². The maximum Gasteiger partial charge on any atom is 0.323 e. The minimum atomic E-state index is -0.956. The van der Waals surface area contributed by atoms with E-state index in [2.05, 4.69) is 33.5 Å². The van der Waals surface area contributed by atoms with Crippen LogP contribution in [0.3, 0.4) is 0 Å². The third-order valence-electron chi connectivity index (χ3n) is 9.43. The first-order chi connectivity index (χ1) is 27.9. The minimum Gasteiger partial charge on any atom is -0.480 e. The van der Waals surface area contributed by atoms with Crippen LogP contribution in [0.4, 0.5) is 0 Å². The first kappa shape index (κ1) is 45.0. The number of nitriles is 4. The highest BCUT2D eigenvalue weighted by Gasteiger charge is 2.24. The first-order valence-corrected chi connectivity index (χ1v) is 19.0. The van der Waals surface area contributed by atoms with Crippen molar-refractivity contribution >= 4 is 57.1 Å². The Hall–Kier alpha value is -6.74. The second-order valence-electron chi connectivity index (χ2n) is 14.7. The van der Waals surface area contributed by atoms with E-state index in [1.807, 2.05) is 77.9 Å². The quantitative estimate of drug-likeness (QED) is 0.126. The molecule has 6 rings (SSSR count). The van der Waals surface area contributed by atoms with Gasteiger partial charge in [0.1, 0.15) is 25.2 Å². The number of hydrogen-bond acceptors (Lipinski definition) is 9. The molecule has 59 heavy (non-hydrogen) atoms. The number of para-hydroxylation sites is 2. The Kier molecular flexibility index (Phi) is 14.6. The summed E-state index contributed by atoms with van der Waals surface area (Å²) in [5.41, 5.74) is 11.3. The summed E-state index contributed by atoms with van der Waals surface area (Å²) >= 11 is 12.5. The lowest BCUT2D eigenvalue weighted by Crippen LogP contribution is -2.30. The van der Waals surface area contributed by atoms with Gasteiger partial charge in [0.05, 0.1) is 74.9 Å². The molecule has 4 aromatic carbocycles. The van der Waals surface area contributed by atoms with E-state index < -0.39 is 16.8 Å². The SMILES string of the molecule is CC(N)c1ccc(C(C)(C)C#N)c(Cl)c1.CC(NC(=O)Cn1cnc2cccc(C#N)c21)c1ccc(C(C)(C)C#N)c(Cl)c1.N#Cc1cccc2ncn(CC(=O)O)c12. The number of carboxylic acid groups (broad SMARTS) is 1. The van der Waals surface area contributed by atoms with Gasteiger partial charge < -0.3 is 25.3 Å². The van der Waals surface area contributed by atoms with Gasteiger partial charge in [0.25, 0.3) is 0 Å². The Balaban J connectivity index is 0.000000215. The molecule has 0 spiro atoms. The van der Waals surface area contributed by atoms with Crippen molar-refractivity contribution in [3.63, 3.8) is 0 Å². The van der Waals surface area contributed by atoms with Crippen LogP contribution < -0.4 is 11.1 Å². The maximum absolute atomic E-state index is 12.6. The first-order valence-electron chi connectivity index (χ1n) is 18.2. The average molecular weight is 830 g/mol. The lowest BCUT2D eigenvalue weighted by molar-refractivity contribution is -0.137. The van der Waals surface area contributed by atoms with E-state index in [0.29, 0.717) is 43.2 Å². The van der Waals surface area contributed by atoms with Crippen molar-refractivity contribution < 1.29 is 14.7 Å². The van der Waals surface area contributed by atoms with Crippen LogP contribution in [0.15, 0.2) is 85.5 Å². The van der Waals surface area contributed by atoms with Gasteiger partial charge in [-0.2, -0.15) is 21.0 Å². The molecular formula is C44H42Cl2N10O3. The van der Waals surface area contributed by atoms with Crippen LogP contribution in [-0.2, 0) is 33.5 Å². The zero-order valence-electron chi connectivity index (χ0n) is 33.3. The zero-order valence-corrected chi connectivity index (χ0v) is 34.8. The Morgan fingerprint density at radius 3 is 1.59 bits per heavy atom. The van der Waals surface area contributed by atoms with Crippen LogP contribution in [0, 0.1) is 45.3 Å². The van der Waals surface area contributed by atoms with Crippen molar-refractivity contribution in [1.82, 2.24) is 24.4 Å². The third kappa shape index (κ3) is 10.8. The molecule has 2 atom stereocenters. The number of imidazole rings is 2. The molecule has 2 heterocycles. The van der Waals surface area contributed by atoms with Crippen molar-refractivity contribution in [2.45, 2.75) is 77.5 Å². The number of hydrogen-bond donors (Lipinski definition) is 3. The van der Waals surface area contributed by atoms with Crippen LogP contribution >= 0.6 is 23.2 Å². The van der Waals surface area contributed by atoms with E-state index in [1.54, 1.807) is 53.4 Å². The molecule has 2 aromatic heterocycles. The number of halogens is 2. The summed E-state index contributed by atoms with van der Waals surface area (Å²) in [5.74, 6) is -1.16. The van der Waals surface area contributed by atoms with Gasteiger partial charge in [0, 0.05) is 16.1 Å². The van der Waals surface area contributed by atoms with E-state index >= 15 is 0 Å². The smallest absolute Gasteiger partial charge is 0.323 e. The summed E-state index contributed by atoms with van der Waals surface area (Å²) in [4.78, 5) is 31.4. The Morgan fingerprint density at radius 2 is 1.19 bits per heavy atom. The molecule has 6 aromatic rings. The molecule has 0 bridgehead atoms. The third-order valence-corrected chi connectivity index (χ3v) is 10.1. The summed E-state index contributed by atoms with van der Waals surface area (Å²) in [6.07, 6.45) is 2.99. The number of nitrogens with zero attached hydrogens (tertiary/aromatic N) is 8. The Morgan fingerprint density at radius 1 is 0.746 bits per heavy atom. The predicted molar refractivity (Wildman–Crippen MR) is 226 cm³/mol. The maximum atomic E-state index is 12.6. The number of aromatic nitrogens is 4. The van der Waals surface area contributed by atoms with E-state index in [-0.39, 0.29) is 31.1 Å². The van der Waals surface area contributed by atoms with E-state index in [1.165, 1.54) is 10.9 Å². The number of benzene rings is 4. The van der Waals surface area contributed by atoms with Gasteiger partial charge in [0.15, 0.2) is 0 Å². The molecular weight excluding hydrogens is 787 g/mol. The number of fused-ring (bicyclic) bond motifs is 2. The fourth-order valence-corrected chi connectivity index (χ4v) is 6.94. The fourth-order valence-electron chi connectivity index (χ4n) is 6.09. The molecule has 0 aliphatic rings. The predicted octanol–water partition coefficient (Wildman–Crippen LogP) is 8.39. The molecule has 2 unspecified atom stereocenters. The minimum absolute atomic E-state index is 0.0400. The number of nitrogens with one attached hydrogen (secondary N) is 1. The van der Waals surface area contributed by atoms with Gasteiger partial charge in [-0.05, 0) is 100 Å². The highest BCUT2D eigenvalue weighted by Crippen LogP contribution is 2.32. The Labute approximate surface area is 352 Å². The molecule has 0 saturated heterocycles. The summed E-state index contributed by atoms with van der Waals surface area (Å²) < 4.78 is 3.12. The topological polar surface area (TPSA) is 223 Å². The molecule has 0 aliphatic carbocycles. The second kappa shape index (κ2) is 19.1. The zero-order chi connectivity index (χ0) is 43.7. The number of carbonyl (C=O) groups is 2. The van der Waals surface area contributed by atoms with Gasteiger partial charge in [-0.15, -0.1) is 0 Å². The highest BCUT2D eigenvalue weighted by molar-refractivity contribution is 6.32. The molecule has 13 nitrogen and oxygen atoms in total. The molecule has 1 amide bonds. The normalized spacial score (nSPS) is 11.9. The Bertz CT molecular complexity index is 2690. The summed E-state index contributed by atoms with van der Waals surface area (Å²) in [5, 5.41) is 49.2. The van der Waals surface area contributed by atoms with E-state index in [9.17, 15) is 20.1 Å². The summed E-state index contributed by atoms with van der Waals surface area (Å²) in [7, 11) is 0. The van der Waals surface area contributed by atoms with Gasteiger partial charge in [-0.3, -0.25) is 9.59 Å². The molecule has 300 valence electrons. The molecule has 0 saturated carbocycles. The second-order valence-corrected chi connectivity index (χ2v) is 15.6. The summed E-state index contributed by atoms with van der Waals surface area (Å²) in [6.45, 7) is 10.9. The van der Waals surface area contributed by atoms with Crippen LogP contribution in [0.5, 0.6) is 0 Å². The number of carboxylic acids is 1. The number of nitrogens with two attached hydrogens (primary N) is 1. The van der Waals surface area contributed by atoms with Crippen molar-refractivity contribution in [2.24, 2.45) is 5.73 Å². The fraction of sp³-hybridized carbons (Fsp3) is 0.273. The van der Waals surface area contributed by atoms with Gasteiger partial charge in [0.2, 0.25) is 5.91 Å². The van der Waals surface area contributed by atoms with Crippen molar-refractivity contribution in [3.05, 3.63) is 129 Å². The van der Waals surface area contributed by atoms with Crippen molar-refractivity contribution in [3.8, 4) is 24.3 Å². The van der Waals surface area contributed by atoms with Crippen LogP contribution in [-0.4, -0.2) is 36.1 Å². The van der Waals surface area contributed by atoms with E-state index in [0.717, 1.165) is 22.3 Å². The monoisotopic (exact) mass is 828 g/mol. The molecule has 15 heteroatoms. The van der Waals surface area contributed by atoms with Gasteiger partial charge in [-0.25, -0.2) is 9.97 Å². The van der Waals surface area contributed by atoms with Crippen LogP contribution in [0.25, 0.3) is 22.1 Å². The molecule has 0 aliphatic heterocycles. The number of carbonyl (C=O) groups excluding carboxylic acids is 1. The molecule has 4 N–H and O–H groups in total. The number of rotatable bonds is 9. The highest BCUT2D eigenvalue weighted by atomic mass is 35.5. The molecule has 0 radical (unpaired) electrons. The van der Waals surface area contributed by atoms with Gasteiger partial charge in [-0.1, -0.05) is 59.6 Å². The van der Waals surface area contributed by atoms with Crippen molar-refractivity contribution in [2.75, 3.05) is 0 Å². The lowest BCUT2D eigenvalue weighted by atomic mass is 9.85. The van der Waals surface area contributed by atoms with E-state index in [4.69, 9.17) is 44.6 Å². The lowest BCUT2D eigenvalue weighted by Gasteiger charge is -2.20. The molecule has 0 fully saturated rings. The van der Waals surface area contributed by atoms with Crippen molar-refractivity contribution in [1.29, 1.82) is 21.0 Å². The number of aliphatic carboxylic acids is 1. The van der Waals surface area contributed by atoms with Gasteiger partial charge >= 0.3 is 5.97 Å². The number of amides is 1. The average Bonchev–Trinajstić information content (AvgIpc) is 3.81. The van der Waals surface area contributed by atoms with Crippen LogP contribution in [0.2, 0.25) is 10.0 Å².